The Morgan fingerprint density at radius 3 is 2.60 bits per heavy atom. The van der Waals surface area contributed by atoms with Crippen molar-refractivity contribution in [3.8, 4) is 5.88 Å². The lowest BCUT2D eigenvalue weighted by molar-refractivity contribution is -0.142. The van der Waals surface area contributed by atoms with E-state index in [1.165, 1.54) is 16.4 Å². The second-order valence-electron chi connectivity index (χ2n) is 5.61. The van der Waals surface area contributed by atoms with Crippen molar-refractivity contribution in [2.45, 2.75) is 17.7 Å². The molecule has 0 spiro atoms. The van der Waals surface area contributed by atoms with Crippen molar-refractivity contribution in [3.05, 3.63) is 30.2 Å². The van der Waals surface area contributed by atoms with Crippen LogP contribution in [0.1, 0.15) is 12.8 Å². The highest BCUT2D eigenvalue weighted by Crippen LogP contribution is 2.24. The molecule has 2 rings (SSSR count). The fourth-order valence-corrected chi connectivity index (χ4v) is 3.81. The summed E-state index contributed by atoms with van der Waals surface area (Å²) in [4.78, 5) is 14.8. The number of rotatable bonds is 7. The molecule has 0 saturated carbocycles. The van der Waals surface area contributed by atoms with Crippen molar-refractivity contribution < 1.29 is 27.4 Å². The van der Waals surface area contributed by atoms with Crippen LogP contribution in [0.2, 0.25) is 0 Å². The van der Waals surface area contributed by atoms with E-state index in [0.29, 0.717) is 6.33 Å². The number of piperidine rings is 1. The third kappa shape index (κ3) is 4.74. The number of aromatic nitrogens is 1. The summed E-state index contributed by atoms with van der Waals surface area (Å²) >= 11 is 0. The molecular formula is C15H20FN3O5S. The van der Waals surface area contributed by atoms with Gasteiger partial charge in [-0.2, -0.15) is 4.31 Å². The van der Waals surface area contributed by atoms with Crippen molar-refractivity contribution in [3.63, 3.8) is 0 Å². The molecular weight excluding hydrogens is 353 g/mol. The first-order valence-electron chi connectivity index (χ1n) is 7.68. The third-order valence-corrected chi connectivity index (χ3v) is 5.85. The van der Waals surface area contributed by atoms with E-state index in [2.05, 4.69) is 4.98 Å². The van der Waals surface area contributed by atoms with Crippen molar-refractivity contribution in [2.75, 3.05) is 26.2 Å². The number of hydrogen-bond donors (Lipinski definition) is 2. The first kappa shape index (κ1) is 19.3. The van der Waals surface area contributed by atoms with Gasteiger partial charge in [-0.25, -0.2) is 17.8 Å². The Bertz CT molecular complexity index is 728. The van der Waals surface area contributed by atoms with Crippen LogP contribution in [0.4, 0.5) is 4.39 Å². The number of halogens is 1. The summed E-state index contributed by atoms with van der Waals surface area (Å²) in [7, 11) is -3.74. The van der Waals surface area contributed by atoms with Gasteiger partial charge in [-0.05, 0) is 18.9 Å². The number of carboxylic acid groups (broad SMARTS) is 1. The van der Waals surface area contributed by atoms with Gasteiger partial charge in [0, 0.05) is 31.3 Å². The maximum atomic E-state index is 12.6. The number of hydrogen-bond acceptors (Lipinski definition) is 6. The average Bonchev–Trinajstić information content (AvgIpc) is 2.63. The van der Waals surface area contributed by atoms with Crippen LogP contribution in [-0.2, 0) is 14.8 Å². The molecule has 8 nitrogen and oxygen atoms in total. The van der Waals surface area contributed by atoms with Crippen molar-refractivity contribution >= 4 is 16.0 Å². The van der Waals surface area contributed by atoms with Crippen LogP contribution in [0.15, 0.2) is 35.1 Å². The van der Waals surface area contributed by atoms with E-state index in [4.69, 9.17) is 15.6 Å². The maximum Gasteiger partial charge on any atom is 0.306 e. The second-order valence-corrected chi connectivity index (χ2v) is 7.55. The third-order valence-electron chi connectivity index (χ3n) is 3.97. The molecule has 0 unspecified atom stereocenters. The van der Waals surface area contributed by atoms with E-state index < -0.39 is 21.9 Å². The Morgan fingerprint density at radius 2 is 2.12 bits per heavy atom. The fourth-order valence-electron chi connectivity index (χ4n) is 2.40. The minimum Gasteiger partial charge on any atom is -0.481 e. The highest BCUT2D eigenvalue weighted by molar-refractivity contribution is 7.89. The molecule has 1 aromatic heterocycles. The van der Waals surface area contributed by atoms with Crippen molar-refractivity contribution in [1.82, 2.24) is 9.29 Å². The quantitative estimate of drug-likeness (QED) is 0.723. The standard InChI is InChI=1S/C15H20FN3O5S/c16-7-11(8-17)10-24-14-2-1-13(9-18-14)25(22,23)19-5-3-12(4-6-19)15(20)21/h1-2,7,9,12H,3-6,8,10,17H2,(H,20,21)/b11-7+. The van der Waals surface area contributed by atoms with Gasteiger partial charge in [-0.15, -0.1) is 0 Å². The minimum atomic E-state index is -3.74. The predicted octanol–water partition coefficient (Wildman–Crippen LogP) is 0.758. The Kier molecular flexibility index (Phi) is 6.45. The molecule has 138 valence electrons. The van der Waals surface area contributed by atoms with Gasteiger partial charge in [-0.3, -0.25) is 4.79 Å². The summed E-state index contributed by atoms with van der Waals surface area (Å²) in [6.45, 7) is 0.238. The Labute approximate surface area is 145 Å². The summed E-state index contributed by atoms with van der Waals surface area (Å²) in [5.74, 6) is -1.27. The lowest BCUT2D eigenvalue weighted by Crippen LogP contribution is -2.40. The Hall–Kier alpha value is -2.04. The smallest absolute Gasteiger partial charge is 0.306 e. The molecule has 0 amide bonds. The van der Waals surface area contributed by atoms with E-state index in [1.54, 1.807) is 0 Å². The number of sulfonamides is 1. The van der Waals surface area contributed by atoms with Crippen LogP contribution in [0.3, 0.4) is 0 Å². The van der Waals surface area contributed by atoms with Gasteiger partial charge in [0.05, 0.1) is 18.4 Å². The topological polar surface area (TPSA) is 123 Å². The molecule has 1 saturated heterocycles. The number of carbonyl (C=O) groups is 1. The number of pyridine rings is 1. The summed E-state index contributed by atoms with van der Waals surface area (Å²) in [6.07, 6.45) is 2.08. The molecule has 1 fully saturated rings. The predicted molar refractivity (Wildman–Crippen MR) is 87.1 cm³/mol. The van der Waals surface area contributed by atoms with Crippen LogP contribution >= 0.6 is 0 Å². The lowest BCUT2D eigenvalue weighted by atomic mass is 9.99. The molecule has 3 N–H and O–H groups in total. The van der Waals surface area contributed by atoms with Gasteiger partial charge in [0.1, 0.15) is 11.5 Å². The van der Waals surface area contributed by atoms with Gasteiger partial charge in [-0.1, -0.05) is 0 Å². The number of ether oxygens (including phenoxy) is 1. The minimum absolute atomic E-state index is 0.00583. The van der Waals surface area contributed by atoms with Crippen molar-refractivity contribution in [1.29, 1.82) is 0 Å². The highest BCUT2D eigenvalue weighted by Gasteiger charge is 2.32. The first-order valence-corrected chi connectivity index (χ1v) is 9.12. The molecule has 0 atom stereocenters. The first-order chi connectivity index (χ1) is 11.9. The number of aliphatic carboxylic acids is 1. The summed E-state index contributed by atoms with van der Waals surface area (Å²) in [5.41, 5.74) is 5.56. The average molecular weight is 373 g/mol. The van der Waals surface area contributed by atoms with Crippen LogP contribution in [0.5, 0.6) is 5.88 Å². The molecule has 10 heteroatoms. The monoisotopic (exact) mass is 373 g/mol. The van der Waals surface area contributed by atoms with Crippen LogP contribution in [-0.4, -0.2) is 55.0 Å². The molecule has 1 aliphatic heterocycles. The van der Waals surface area contributed by atoms with Crippen LogP contribution in [0, 0.1) is 5.92 Å². The molecule has 1 aromatic rings. The van der Waals surface area contributed by atoms with E-state index in [0.717, 1.165) is 6.20 Å². The molecule has 25 heavy (non-hydrogen) atoms. The largest absolute Gasteiger partial charge is 0.481 e. The lowest BCUT2D eigenvalue weighted by Gasteiger charge is -2.29. The number of nitrogens with two attached hydrogens (primary N) is 1. The number of nitrogens with zero attached hydrogens (tertiary/aromatic N) is 2. The second kappa shape index (κ2) is 8.37. The molecule has 0 bridgehead atoms. The van der Waals surface area contributed by atoms with E-state index in [9.17, 15) is 17.6 Å². The van der Waals surface area contributed by atoms with Crippen LogP contribution < -0.4 is 10.5 Å². The zero-order valence-electron chi connectivity index (χ0n) is 13.5. The molecule has 0 aromatic carbocycles. The van der Waals surface area contributed by atoms with Gasteiger partial charge in [0.25, 0.3) is 0 Å². The Balaban J connectivity index is 2.02. The SMILES string of the molecule is NC/C(=C\F)COc1ccc(S(=O)(=O)N2CCC(C(=O)O)CC2)cn1. The Morgan fingerprint density at radius 1 is 1.44 bits per heavy atom. The van der Waals surface area contributed by atoms with Crippen LogP contribution in [0.25, 0.3) is 0 Å². The maximum absolute atomic E-state index is 12.6. The molecule has 0 radical (unpaired) electrons. The van der Waals surface area contributed by atoms with E-state index >= 15 is 0 Å². The van der Waals surface area contributed by atoms with Crippen molar-refractivity contribution in [2.24, 2.45) is 11.7 Å². The van der Waals surface area contributed by atoms with E-state index in [-0.39, 0.29) is 55.4 Å². The van der Waals surface area contributed by atoms with E-state index in [1.807, 2.05) is 0 Å². The zero-order valence-corrected chi connectivity index (χ0v) is 14.3. The molecule has 2 heterocycles. The normalized spacial score (nSPS) is 17.4. The highest BCUT2D eigenvalue weighted by atomic mass is 32.2. The summed E-state index contributed by atoms with van der Waals surface area (Å²) < 4.78 is 44.0. The number of carboxylic acids is 1. The fraction of sp³-hybridized carbons (Fsp3) is 0.467. The van der Waals surface area contributed by atoms with Gasteiger partial charge in [0.2, 0.25) is 15.9 Å². The zero-order chi connectivity index (χ0) is 18.4. The summed E-state index contributed by atoms with van der Waals surface area (Å²) in [5, 5.41) is 8.97. The van der Waals surface area contributed by atoms with Gasteiger partial charge in [0.15, 0.2) is 0 Å². The summed E-state index contributed by atoms with van der Waals surface area (Å²) in [6, 6.07) is 2.73. The molecule has 1 aliphatic rings. The van der Waals surface area contributed by atoms with Gasteiger partial charge >= 0.3 is 5.97 Å². The molecule has 0 aliphatic carbocycles. The van der Waals surface area contributed by atoms with Gasteiger partial charge < -0.3 is 15.6 Å².